The second-order valence-electron chi connectivity index (χ2n) is 22.6. The highest BCUT2D eigenvalue weighted by molar-refractivity contribution is 6.21. The molecule has 1 spiro atoms. The molecule has 7 heteroatoms. The van der Waals surface area contributed by atoms with Crippen LogP contribution in [0.3, 0.4) is 0 Å². The van der Waals surface area contributed by atoms with Crippen LogP contribution in [0, 0.1) is 27.0 Å². The monoisotopic (exact) mass is 1100 g/mol. The van der Waals surface area contributed by atoms with E-state index in [1.165, 1.54) is 11.1 Å². The molecule has 0 saturated carbocycles. The molecule has 0 bridgehead atoms. The summed E-state index contributed by atoms with van der Waals surface area (Å²) in [4.78, 5) is 15.1. The lowest BCUT2D eigenvalue weighted by atomic mass is 9.64. The molecular weight excluding hydrogens is 1050 g/mol. The smallest absolute Gasteiger partial charge is 0.229 e. The summed E-state index contributed by atoms with van der Waals surface area (Å²) in [5, 5.41) is 8.03. The first-order valence-corrected chi connectivity index (χ1v) is 29.0. The van der Waals surface area contributed by atoms with Gasteiger partial charge < -0.3 is 23.5 Å². The van der Waals surface area contributed by atoms with Gasteiger partial charge in [-0.05, 0) is 131 Å². The lowest BCUT2D eigenvalue weighted by molar-refractivity contribution is 0.670. The second-order valence-corrected chi connectivity index (χ2v) is 22.6. The average molecular weight is 1100 g/mol. The molecule has 0 fully saturated rings. The quantitative estimate of drug-likeness (QED) is 0.149. The molecule has 1 aliphatic carbocycles. The SMILES string of the molecule is [C-]#[N+]c1cccc2c1oc1c(N(c3ccc(C)cc3)c3cc4c(c5ccccc35)-c3c(cc(N(c5ccc(C)cc5)c5cccc6c5oc5c([N+]#[C-])cccc56)c5ccccc35)C43c4ccccc4N(c4ccccc4)c4ccccc43)cccc12. The van der Waals surface area contributed by atoms with Crippen molar-refractivity contribution in [1.82, 2.24) is 0 Å². The molecule has 2 aliphatic rings. The van der Waals surface area contributed by atoms with Crippen LogP contribution < -0.4 is 14.7 Å². The van der Waals surface area contributed by atoms with Crippen molar-refractivity contribution in [2.45, 2.75) is 19.3 Å². The number of anilines is 9. The Kier molecular flexibility index (Phi) is 10.7. The summed E-state index contributed by atoms with van der Waals surface area (Å²) in [6, 6.07) is 93.6. The summed E-state index contributed by atoms with van der Waals surface area (Å²) in [5.41, 5.74) is 20.6. The highest BCUT2D eigenvalue weighted by Gasteiger charge is 2.54. The van der Waals surface area contributed by atoms with Gasteiger partial charge >= 0.3 is 0 Å². The maximum Gasteiger partial charge on any atom is 0.229 e. The Balaban J connectivity index is 1.04. The van der Waals surface area contributed by atoms with E-state index in [9.17, 15) is 0 Å². The van der Waals surface area contributed by atoms with Gasteiger partial charge in [-0.3, -0.25) is 0 Å². The highest BCUT2D eigenvalue weighted by atomic mass is 16.3. The standard InChI is InChI=1S/C79H49N5O2/c1-48-38-42-51(43-39-48)83(69-36-18-28-59-57-26-16-32-65(80-3)75(57)85-77(59)69)71-46-63-73(55-24-10-8-22-53(55)71)74-56-25-11-9-23-54(56)72(84(52-44-40-49(2)41-45-52)70-37-19-29-60-58-27-17-33-66(81-4)76(58)86-78(60)70)47-64(74)79(63)61-30-12-14-34-67(61)82(50-20-6-5-7-21-50)68-35-15-13-31-62(68)79/h5-47H,1-2H3. The Hall–Kier alpha value is -11.6. The Bertz CT molecular complexity index is 5110. The van der Waals surface area contributed by atoms with E-state index in [0.29, 0.717) is 33.7 Å². The van der Waals surface area contributed by atoms with Crippen LogP contribution in [-0.2, 0) is 5.41 Å². The normalized spacial score (nSPS) is 12.8. The van der Waals surface area contributed by atoms with E-state index in [2.05, 4.69) is 275 Å². The summed E-state index contributed by atoms with van der Waals surface area (Å²) < 4.78 is 14.0. The summed E-state index contributed by atoms with van der Waals surface area (Å²) in [7, 11) is 0. The molecule has 0 atom stereocenters. The molecule has 0 saturated heterocycles. The van der Waals surface area contributed by atoms with Crippen molar-refractivity contribution in [1.29, 1.82) is 0 Å². The van der Waals surface area contributed by atoms with E-state index < -0.39 is 5.41 Å². The molecule has 17 rings (SSSR count). The van der Waals surface area contributed by atoms with Gasteiger partial charge in [0.25, 0.3) is 0 Å². The van der Waals surface area contributed by atoms with Crippen LogP contribution in [0.5, 0.6) is 0 Å². The summed E-state index contributed by atoms with van der Waals surface area (Å²) >= 11 is 0. The van der Waals surface area contributed by atoms with Gasteiger partial charge in [-0.1, -0.05) is 199 Å². The molecule has 0 unspecified atom stereocenters. The van der Waals surface area contributed by atoms with Crippen LogP contribution in [0.15, 0.2) is 270 Å². The number of para-hydroxylation sites is 7. The van der Waals surface area contributed by atoms with Crippen LogP contribution in [0.4, 0.5) is 62.6 Å². The van der Waals surface area contributed by atoms with Crippen LogP contribution in [0.1, 0.15) is 33.4 Å². The minimum absolute atomic E-state index is 0.476. The molecule has 86 heavy (non-hydrogen) atoms. The number of rotatable bonds is 7. The van der Waals surface area contributed by atoms with Crippen molar-refractivity contribution in [3.8, 4) is 11.1 Å². The first kappa shape index (κ1) is 49.0. The van der Waals surface area contributed by atoms with Gasteiger partial charge in [-0.25, -0.2) is 9.69 Å². The van der Waals surface area contributed by atoms with Crippen molar-refractivity contribution >= 4 is 128 Å². The number of nitrogens with zero attached hydrogens (tertiary/aromatic N) is 5. The third kappa shape index (κ3) is 6.82. The number of furan rings is 2. The number of hydrogen-bond donors (Lipinski definition) is 0. The number of hydrogen-bond acceptors (Lipinski definition) is 5. The first-order chi connectivity index (χ1) is 42.4. The molecule has 0 radical (unpaired) electrons. The fourth-order valence-electron chi connectivity index (χ4n) is 14.4. The largest absolute Gasteiger partial charge is 0.465 e. The van der Waals surface area contributed by atoms with Crippen LogP contribution in [0.25, 0.3) is 86.2 Å². The van der Waals surface area contributed by atoms with Gasteiger partial charge in [-0.15, -0.1) is 0 Å². The van der Waals surface area contributed by atoms with Crippen molar-refractivity contribution in [2.24, 2.45) is 0 Å². The van der Waals surface area contributed by atoms with Gasteiger partial charge in [0.1, 0.15) is 11.2 Å². The molecule has 402 valence electrons. The molecule has 7 nitrogen and oxygen atoms in total. The van der Waals surface area contributed by atoms with Crippen molar-refractivity contribution < 1.29 is 8.83 Å². The van der Waals surface area contributed by atoms with Crippen LogP contribution in [0.2, 0.25) is 0 Å². The van der Waals surface area contributed by atoms with Crippen LogP contribution in [-0.4, -0.2) is 0 Å². The highest BCUT2D eigenvalue weighted by Crippen LogP contribution is 2.67. The van der Waals surface area contributed by atoms with E-state index in [0.717, 1.165) is 128 Å². The topological polar surface area (TPSA) is 44.7 Å². The maximum atomic E-state index is 8.19. The Morgan fingerprint density at radius 1 is 0.337 bits per heavy atom. The van der Waals surface area contributed by atoms with Crippen LogP contribution >= 0.6 is 0 Å². The Morgan fingerprint density at radius 3 is 1.15 bits per heavy atom. The lowest BCUT2D eigenvalue weighted by Crippen LogP contribution is -2.36. The zero-order chi connectivity index (χ0) is 57.4. The zero-order valence-electron chi connectivity index (χ0n) is 46.9. The molecule has 15 aromatic rings. The van der Waals surface area contributed by atoms with Crippen molar-refractivity contribution in [2.75, 3.05) is 14.7 Å². The molecule has 0 N–H and O–H groups in total. The van der Waals surface area contributed by atoms with Gasteiger partial charge in [0.05, 0.1) is 52.7 Å². The van der Waals surface area contributed by atoms with E-state index >= 15 is 0 Å². The summed E-state index contributed by atoms with van der Waals surface area (Å²) in [6.07, 6.45) is 0. The van der Waals surface area contributed by atoms with E-state index in [1.807, 2.05) is 24.3 Å². The average Bonchev–Trinajstić information content (AvgIpc) is 1.46. The second kappa shape index (κ2) is 18.7. The van der Waals surface area contributed by atoms with Gasteiger partial charge in [0.2, 0.25) is 11.4 Å². The van der Waals surface area contributed by atoms with Gasteiger partial charge in [0, 0.05) is 49.4 Å². The minimum atomic E-state index is -0.954. The molecule has 13 aromatic carbocycles. The fraction of sp³-hybridized carbons (Fsp3) is 0.0380. The first-order valence-electron chi connectivity index (χ1n) is 29.0. The number of aryl methyl sites for hydroxylation is 2. The molecular formula is C79H49N5O2. The molecule has 2 aromatic heterocycles. The Morgan fingerprint density at radius 2 is 0.709 bits per heavy atom. The van der Waals surface area contributed by atoms with E-state index in [1.54, 1.807) is 0 Å². The number of fused-ring (bicyclic) bond motifs is 19. The minimum Gasteiger partial charge on any atom is -0.465 e. The lowest BCUT2D eigenvalue weighted by Gasteiger charge is -2.45. The summed E-state index contributed by atoms with van der Waals surface area (Å²) in [6.45, 7) is 20.6. The van der Waals surface area contributed by atoms with Gasteiger partial charge in [-0.2, -0.15) is 0 Å². The van der Waals surface area contributed by atoms with Gasteiger partial charge in [0.15, 0.2) is 11.2 Å². The number of benzene rings is 13. The van der Waals surface area contributed by atoms with E-state index in [-0.39, 0.29) is 0 Å². The third-order valence-corrected chi connectivity index (χ3v) is 18.0. The fourth-order valence-corrected chi connectivity index (χ4v) is 14.4. The predicted octanol–water partition coefficient (Wildman–Crippen LogP) is 22.6. The van der Waals surface area contributed by atoms with E-state index in [4.69, 9.17) is 22.0 Å². The maximum absolute atomic E-state index is 8.19. The summed E-state index contributed by atoms with van der Waals surface area (Å²) in [5.74, 6) is 0. The molecule has 3 heterocycles. The molecule has 0 amide bonds. The van der Waals surface area contributed by atoms with Crippen molar-refractivity contribution in [3.05, 3.63) is 317 Å². The zero-order valence-corrected chi connectivity index (χ0v) is 46.9. The van der Waals surface area contributed by atoms with Crippen molar-refractivity contribution in [3.63, 3.8) is 0 Å². The Labute approximate surface area is 496 Å². The third-order valence-electron chi connectivity index (χ3n) is 18.0. The molecule has 1 aliphatic heterocycles. The predicted molar refractivity (Wildman–Crippen MR) is 353 cm³/mol.